The molecule has 0 aliphatic carbocycles. The normalized spacial score (nSPS) is 13.7. The summed E-state index contributed by atoms with van der Waals surface area (Å²) in [6.07, 6.45) is 2.64. The van der Waals surface area contributed by atoms with Crippen LogP contribution in [0.1, 0.15) is 33.6 Å². The molecular formula is C15H34NO2S+. The minimum Gasteiger partial charge on any atom is -0.379 e. The van der Waals surface area contributed by atoms with E-state index in [2.05, 4.69) is 27.9 Å². The summed E-state index contributed by atoms with van der Waals surface area (Å²) in [5.74, 6) is 2.46. The van der Waals surface area contributed by atoms with Crippen LogP contribution in [0.25, 0.3) is 0 Å². The van der Waals surface area contributed by atoms with Crippen LogP contribution in [0.3, 0.4) is 0 Å². The van der Waals surface area contributed by atoms with Crippen LogP contribution in [0.5, 0.6) is 0 Å². The van der Waals surface area contributed by atoms with Gasteiger partial charge in [0.05, 0.1) is 39.9 Å². The molecule has 4 heteroatoms. The molecule has 0 heterocycles. The average Bonchev–Trinajstić information content (AvgIpc) is 2.32. The average molecular weight is 293 g/mol. The fraction of sp³-hybridized carbons (Fsp3) is 1.00. The molecule has 0 saturated heterocycles. The molecule has 0 aromatic rings. The van der Waals surface area contributed by atoms with Gasteiger partial charge in [0.15, 0.2) is 0 Å². The maximum absolute atomic E-state index is 5.59. The number of nitrogens with zero attached hydrogens (tertiary/aromatic N) is 1. The Morgan fingerprint density at radius 3 is 2.47 bits per heavy atom. The Hall–Kier alpha value is 0.230. The highest BCUT2D eigenvalue weighted by Gasteiger charge is 2.12. The van der Waals surface area contributed by atoms with Gasteiger partial charge in [-0.2, -0.15) is 11.8 Å². The lowest BCUT2D eigenvalue weighted by Gasteiger charge is -2.29. The maximum atomic E-state index is 5.59. The lowest BCUT2D eigenvalue weighted by Crippen LogP contribution is -2.42. The van der Waals surface area contributed by atoms with Crippen LogP contribution in [0.15, 0.2) is 0 Å². The number of hydrogen-bond acceptors (Lipinski definition) is 3. The summed E-state index contributed by atoms with van der Waals surface area (Å²) in [7, 11) is 4.64. The van der Waals surface area contributed by atoms with E-state index >= 15 is 0 Å². The molecule has 116 valence electrons. The summed E-state index contributed by atoms with van der Waals surface area (Å²) in [4.78, 5) is 0. The van der Waals surface area contributed by atoms with Gasteiger partial charge in [-0.3, -0.25) is 0 Å². The van der Waals surface area contributed by atoms with Crippen LogP contribution in [0.4, 0.5) is 0 Å². The summed E-state index contributed by atoms with van der Waals surface area (Å²) < 4.78 is 12.2. The van der Waals surface area contributed by atoms with Gasteiger partial charge < -0.3 is 14.0 Å². The predicted molar refractivity (Wildman–Crippen MR) is 86.0 cm³/mol. The van der Waals surface area contributed by atoms with E-state index in [1.165, 1.54) is 31.0 Å². The molecule has 0 saturated carbocycles. The topological polar surface area (TPSA) is 18.5 Å². The van der Waals surface area contributed by atoms with E-state index < -0.39 is 0 Å². The molecule has 0 radical (unpaired) electrons. The molecule has 1 unspecified atom stereocenters. The van der Waals surface area contributed by atoms with Crippen molar-refractivity contribution in [3.8, 4) is 0 Å². The minimum absolute atomic E-state index is 0.227. The van der Waals surface area contributed by atoms with Crippen molar-refractivity contribution in [3.05, 3.63) is 0 Å². The Kier molecular flexibility index (Phi) is 12.2. The number of ether oxygens (including phenoxy) is 2. The van der Waals surface area contributed by atoms with Gasteiger partial charge in [-0.15, -0.1) is 0 Å². The van der Waals surface area contributed by atoms with Gasteiger partial charge in [-0.05, 0) is 32.4 Å². The largest absolute Gasteiger partial charge is 0.379 e. The Morgan fingerprint density at radius 1 is 1.11 bits per heavy atom. The van der Waals surface area contributed by atoms with Gasteiger partial charge in [-0.25, -0.2) is 0 Å². The van der Waals surface area contributed by atoms with Crippen molar-refractivity contribution in [3.63, 3.8) is 0 Å². The number of hydrogen-bond donors (Lipinski definition) is 0. The molecule has 0 aromatic heterocycles. The number of rotatable bonds is 13. The fourth-order valence-corrected chi connectivity index (χ4v) is 3.13. The van der Waals surface area contributed by atoms with Gasteiger partial charge >= 0.3 is 0 Å². The molecule has 0 rings (SSSR count). The highest BCUT2D eigenvalue weighted by atomic mass is 32.2. The van der Waals surface area contributed by atoms with Crippen molar-refractivity contribution in [1.82, 2.24) is 0 Å². The first-order valence-corrected chi connectivity index (χ1v) is 8.76. The first-order valence-electron chi connectivity index (χ1n) is 7.61. The molecule has 0 N–H and O–H groups in total. The number of thioether (sulfide) groups is 1. The molecule has 0 bridgehead atoms. The van der Waals surface area contributed by atoms with E-state index in [0.717, 1.165) is 30.7 Å². The Morgan fingerprint density at radius 2 is 1.84 bits per heavy atom. The second kappa shape index (κ2) is 12.0. The van der Waals surface area contributed by atoms with Gasteiger partial charge in [0.25, 0.3) is 0 Å². The van der Waals surface area contributed by atoms with Crippen molar-refractivity contribution in [2.24, 2.45) is 0 Å². The van der Waals surface area contributed by atoms with Crippen LogP contribution < -0.4 is 0 Å². The molecule has 0 aliphatic heterocycles. The molecule has 0 amide bonds. The minimum atomic E-state index is 0.227. The fourth-order valence-electron chi connectivity index (χ4n) is 1.98. The quantitative estimate of drug-likeness (QED) is 0.384. The molecule has 0 fully saturated rings. The summed E-state index contributed by atoms with van der Waals surface area (Å²) >= 11 is 2.05. The van der Waals surface area contributed by atoms with Crippen LogP contribution in [-0.2, 0) is 9.47 Å². The second-order valence-electron chi connectivity index (χ2n) is 5.69. The zero-order valence-corrected chi connectivity index (χ0v) is 14.4. The number of quaternary nitrogens is 1. The maximum Gasteiger partial charge on any atom is 0.0874 e. The van der Waals surface area contributed by atoms with E-state index in [4.69, 9.17) is 9.47 Å². The SMILES string of the molecule is CCC[N+](C)(C)CCSCCCOCC(C)OCC. The molecule has 0 aliphatic rings. The monoisotopic (exact) mass is 292 g/mol. The third kappa shape index (κ3) is 13.0. The second-order valence-corrected chi connectivity index (χ2v) is 6.91. The Labute approximate surface area is 124 Å². The first kappa shape index (κ1) is 19.2. The van der Waals surface area contributed by atoms with Gasteiger partial charge in [-0.1, -0.05) is 6.92 Å². The molecule has 0 spiro atoms. The zero-order chi connectivity index (χ0) is 14.6. The first-order chi connectivity index (χ1) is 9.02. The van der Waals surface area contributed by atoms with Gasteiger partial charge in [0.1, 0.15) is 0 Å². The van der Waals surface area contributed by atoms with Crippen LogP contribution in [0, 0.1) is 0 Å². The van der Waals surface area contributed by atoms with E-state index in [-0.39, 0.29) is 6.10 Å². The highest BCUT2D eigenvalue weighted by molar-refractivity contribution is 7.99. The summed E-state index contributed by atoms with van der Waals surface area (Å²) in [5.41, 5.74) is 0. The molecule has 19 heavy (non-hydrogen) atoms. The van der Waals surface area contributed by atoms with Crippen molar-refractivity contribution in [1.29, 1.82) is 0 Å². The zero-order valence-electron chi connectivity index (χ0n) is 13.6. The van der Waals surface area contributed by atoms with Crippen LogP contribution in [-0.4, -0.2) is 69.1 Å². The van der Waals surface area contributed by atoms with Crippen LogP contribution in [0.2, 0.25) is 0 Å². The van der Waals surface area contributed by atoms with Crippen LogP contribution >= 0.6 is 11.8 Å². The summed E-state index contributed by atoms with van der Waals surface area (Å²) in [6, 6.07) is 0. The van der Waals surface area contributed by atoms with Gasteiger partial charge in [0.2, 0.25) is 0 Å². The van der Waals surface area contributed by atoms with Crippen molar-refractivity contribution >= 4 is 11.8 Å². The molecule has 1 atom stereocenters. The van der Waals surface area contributed by atoms with E-state index in [9.17, 15) is 0 Å². The lowest BCUT2D eigenvalue weighted by atomic mass is 10.4. The predicted octanol–water partition coefficient (Wildman–Crippen LogP) is 3.04. The molecule has 0 aromatic carbocycles. The summed E-state index contributed by atoms with van der Waals surface area (Å²) in [6.45, 7) is 11.2. The Balaban J connectivity index is 3.27. The van der Waals surface area contributed by atoms with E-state index in [1.807, 2.05) is 18.7 Å². The standard InChI is InChI=1S/C15H34NO2S/c1-6-9-16(4,5)10-13-19-12-8-11-17-14-15(3)18-7-2/h15H,6-14H2,1-5H3/q+1. The van der Waals surface area contributed by atoms with Crippen molar-refractivity contribution < 1.29 is 14.0 Å². The van der Waals surface area contributed by atoms with Crippen molar-refractivity contribution in [2.45, 2.75) is 39.7 Å². The van der Waals surface area contributed by atoms with Crippen molar-refractivity contribution in [2.75, 3.05) is 58.5 Å². The van der Waals surface area contributed by atoms with Gasteiger partial charge in [0, 0.05) is 19.0 Å². The highest BCUT2D eigenvalue weighted by Crippen LogP contribution is 2.07. The molecular weight excluding hydrogens is 258 g/mol. The third-order valence-electron chi connectivity index (χ3n) is 3.05. The van der Waals surface area contributed by atoms with E-state index in [0.29, 0.717) is 0 Å². The third-order valence-corrected chi connectivity index (χ3v) is 4.10. The van der Waals surface area contributed by atoms with E-state index in [1.54, 1.807) is 0 Å². The molecule has 3 nitrogen and oxygen atoms in total. The summed E-state index contributed by atoms with van der Waals surface area (Å²) in [5, 5.41) is 0. The smallest absolute Gasteiger partial charge is 0.0874 e. The lowest BCUT2D eigenvalue weighted by molar-refractivity contribution is -0.887. The Bertz CT molecular complexity index is 201.